The highest BCUT2D eigenvalue weighted by atomic mass is 35.5. The van der Waals surface area contributed by atoms with E-state index in [0.717, 1.165) is 12.8 Å². The van der Waals surface area contributed by atoms with Gasteiger partial charge < -0.3 is 11.1 Å². The molecule has 3 N–H and O–H groups in total. The monoisotopic (exact) mass is 311 g/mol. The van der Waals surface area contributed by atoms with Crippen LogP contribution in [-0.4, -0.2) is 16.4 Å². The number of rotatable bonds is 3. The number of anilines is 1. The van der Waals surface area contributed by atoms with E-state index in [1.807, 2.05) is 0 Å². The number of amides is 1. The molecule has 1 saturated carbocycles. The summed E-state index contributed by atoms with van der Waals surface area (Å²) in [6, 6.07) is 4.13. The Kier molecular flexibility index (Phi) is 4.49. The molecule has 2 unspecified atom stereocenters. The van der Waals surface area contributed by atoms with Gasteiger partial charge in [-0.1, -0.05) is 31.4 Å². The number of carbonyl (C=O) groups excluding carboxylic acids is 1. The Morgan fingerprint density at radius 1 is 1.57 bits per heavy atom. The van der Waals surface area contributed by atoms with Gasteiger partial charge >= 0.3 is 0 Å². The maximum Gasteiger partial charge on any atom is 0.294 e. The molecule has 2 rings (SSSR count). The molecule has 7 heteroatoms. The molecule has 0 aliphatic heterocycles. The Labute approximate surface area is 127 Å². The molecule has 1 amide bonds. The summed E-state index contributed by atoms with van der Waals surface area (Å²) < 4.78 is 0. The number of nitro groups is 1. The summed E-state index contributed by atoms with van der Waals surface area (Å²) in [4.78, 5) is 22.9. The van der Waals surface area contributed by atoms with E-state index in [4.69, 9.17) is 17.3 Å². The highest BCUT2D eigenvalue weighted by molar-refractivity contribution is 6.31. The minimum atomic E-state index is -0.967. The van der Waals surface area contributed by atoms with Crippen molar-refractivity contribution in [3.8, 4) is 0 Å². The Morgan fingerprint density at radius 2 is 2.29 bits per heavy atom. The standard InChI is InChI=1S/C14H18ClN3O3/c1-9-3-2-6-14(16,8-9)13(19)17-11-5-4-10(15)7-12(11)18(20)21/h4-5,7,9H,2-3,6,8,16H2,1H3,(H,17,19). The fourth-order valence-electron chi connectivity index (χ4n) is 2.81. The summed E-state index contributed by atoms with van der Waals surface area (Å²) in [5, 5.41) is 13.9. The molecule has 1 aliphatic rings. The lowest BCUT2D eigenvalue weighted by atomic mass is 9.76. The Balaban J connectivity index is 2.21. The summed E-state index contributed by atoms with van der Waals surface area (Å²) in [6.07, 6.45) is 3.10. The van der Waals surface area contributed by atoms with Gasteiger partial charge in [0.2, 0.25) is 5.91 Å². The molecule has 6 nitrogen and oxygen atoms in total. The molecule has 0 heterocycles. The fraction of sp³-hybridized carbons (Fsp3) is 0.500. The first kappa shape index (κ1) is 15.7. The van der Waals surface area contributed by atoms with E-state index in [1.165, 1.54) is 18.2 Å². The Bertz CT molecular complexity index is 579. The molecule has 0 radical (unpaired) electrons. The van der Waals surface area contributed by atoms with Gasteiger partial charge in [-0.25, -0.2) is 0 Å². The lowest BCUT2D eigenvalue weighted by Crippen LogP contribution is -2.53. The van der Waals surface area contributed by atoms with Crippen molar-refractivity contribution in [1.82, 2.24) is 0 Å². The summed E-state index contributed by atoms with van der Waals surface area (Å²) in [5.74, 6) is -0.00539. The van der Waals surface area contributed by atoms with E-state index in [0.29, 0.717) is 18.8 Å². The largest absolute Gasteiger partial charge is 0.319 e. The van der Waals surface area contributed by atoms with Crippen LogP contribution in [0, 0.1) is 16.0 Å². The van der Waals surface area contributed by atoms with E-state index in [1.54, 1.807) is 0 Å². The number of nitro benzene ring substituents is 1. The van der Waals surface area contributed by atoms with Gasteiger partial charge in [-0.15, -0.1) is 0 Å². The van der Waals surface area contributed by atoms with E-state index in [2.05, 4.69) is 12.2 Å². The minimum absolute atomic E-state index is 0.123. The molecule has 0 aromatic heterocycles. The van der Waals surface area contributed by atoms with Crippen molar-refractivity contribution in [2.24, 2.45) is 11.7 Å². The molecular formula is C14H18ClN3O3. The van der Waals surface area contributed by atoms with Crippen molar-refractivity contribution in [1.29, 1.82) is 0 Å². The molecule has 1 aliphatic carbocycles. The molecule has 0 bridgehead atoms. The molecule has 0 saturated heterocycles. The van der Waals surface area contributed by atoms with Gasteiger partial charge in [-0.05, 0) is 30.9 Å². The second-order valence-corrected chi connectivity index (χ2v) is 6.17. The molecule has 21 heavy (non-hydrogen) atoms. The zero-order valence-electron chi connectivity index (χ0n) is 11.8. The Hall–Kier alpha value is -1.66. The van der Waals surface area contributed by atoms with Gasteiger partial charge in [0.1, 0.15) is 5.69 Å². The van der Waals surface area contributed by atoms with E-state index < -0.39 is 10.5 Å². The minimum Gasteiger partial charge on any atom is -0.319 e. The van der Waals surface area contributed by atoms with E-state index >= 15 is 0 Å². The molecule has 1 aromatic carbocycles. The number of nitrogens with zero attached hydrogens (tertiary/aromatic N) is 1. The predicted octanol–water partition coefficient (Wildman–Crippen LogP) is 3.09. The number of hydrogen-bond acceptors (Lipinski definition) is 4. The van der Waals surface area contributed by atoms with Crippen molar-refractivity contribution >= 4 is 28.9 Å². The second kappa shape index (κ2) is 5.99. The summed E-state index contributed by atoms with van der Waals surface area (Å²) in [7, 11) is 0. The number of carbonyl (C=O) groups is 1. The number of halogens is 1. The first-order valence-corrected chi connectivity index (χ1v) is 7.24. The topological polar surface area (TPSA) is 98.3 Å². The average molecular weight is 312 g/mol. The molecule has 1 fully saturated rings. The van der Waals surface area contributed by atoms with Crippen molar-refractivity contribution in [2.75, 3.05) is 5.32 Å². The molecule has 2 atom stereocenters. The second-order valence-electron chi connectivity index (χ2n) is 5.73. The summed E-state index contributed by atoms with van der Waals surface area (Å²) in [5.41, 5.74) is 5.11. The summed E-state index contributed by atoms with van der Waals surface area (Å²) >= 11 is 5.75. The van der Waals surface area contributed by atoms with Crippen LogP contribution in [-0.2, 0) is 4.79 Å². The normalized spacial score (nSPS) is 25.4. The van der Waals surface area contributed by atoms with Crippen LogP contribution in [0.5, 0.6) is 0 Å². The van der Waals surface area contributed by atoms with Crippen LogP contribution in [0.4, 0.5) is 11.4 Å². The first-order chi connectivity index (χ1) is 9.82. The van der Waals surface area contributed by atoms with Gasteiger partial charge in [0.25, 0.3) is 5.69 Å². The lowest BCUT2D eigenvalue weighted by Gasteiger charge is -2.35. The zero-order valence-corrected chi connectivity index (χ0v) is 12.5. The average Bonchev–Trinajstić information content (AvgIpc) is 2.40. The van der Waals surface area contributed by atoms with Crippen molar-refractivity contribution < 1.29 is 9.72 Å². The van der Waals surface area contributed by atoms with Crippen LogP contribution in [0.1, 0.15) is 32.6 Å². The van der Waals surface area contributed by atoms with Crippen LogP contribution < -0.4 is 11.1 Å². The third kappa shape index (κ3) is 3.51. The van der Waals surface area contributed by atoms with Crippen LogP contribution in [0.3, 0.4) is 0 Å². The maximum absolute atomic E-state index is 12.4. The van der Waals surface area contributed by atoms with Crippen LogP contribution in [0.2, 0.25) is 5.02 Å². The molecule has 114 valence electrons. The SMILES string of the molecule is CC1CCCC(N)(C(=O)Nc2ccc(Cl)cc2[N+](=O)[O-])C1. The van der Waals surface area contributed by atoms with Crippen LogP contribution in [0.15, 0.2) is 18.2 Å². The van der Waals surface area contributed by atoms with Gasteiger partial charge in [-0.3, -0.25) is 14.9 Å². The zero-order chi connectivity index (χ0) is 15.6. The Morgan fingerprint density at radius 3 is 2.90 bits per heavy atom. The number of benzene rings is 1. The third-order valence-electron chi connectivity index (χ3n) is 3.89. The fourth-order valence-corrected chi connectivity index (χ4v) is 2.97. The van der Waals surface area contributed by atoms with Crippen LogP contribution >= 0.6 is 11.6 Å². The summed E-state index contributed by atoms with van der Waals surface area (Å²) in [6.45, 7) is 2.05. The predicted molar refractivity (Wildman–Crippen MR) is 81.3 cm³/mol. The smallest absolute Gasteiger partial charge is 0.294 e. The number of nitrogens with one attached hydrogen (secondary N) is 1. The van der Waals surface area contributed by atoms with Gasteiger partial charge in [-0.2, -0.15) is 0 Å². The van der Waals surface area contributed by atoms with Crippen molar-refractivity contribution in [3.05, 3.63) is 33.3 Å². The van der Waals surface area contributed by atoms with E-state index in [9.17, 15) is 14.9 Å². The molecular weight excluding hydrogens is 294 g/mol. The molecule has 0 spiro atoms. The quantitative estimate of drug-likeness (QED) is 0.662. The highest BCUT2D eigenvalue weighted by Crippen LogP contribution is 2.33. The molecule has 1 aromatic rings. The van der Waals surface area contributed by atoms with Crippen molar-refractivity contribution in [2.45, 2.75) is 38.1 Å². The van der Waals surface area contributed by atoms with Gasteiger partial charge in [0.05, 0.1) is 10.5 Å². The van der Waals surface area contributed by atoms with Gasteiger partial charge in [0, 0.05) is 11.1 Å². The van der Waals surface area contributed by atoms with Crippen LogP contribution in [0.25, 0.3) is 0 Å². The van der Waals surface area contributed by atoms with Crippen molar-refractivity contribution in [3.63, 3.8) is 0 Å². The number of hydrogen-bond donors (Lipinski definition) is 2. The lowest BCUT2D eigenvalue weighted by molar-refractivity contribution is -0.383. The first-order valence-electron chi connectivity index (χ1n) is 6.86. The number of nitrogens with two attached hydrogens (primary N) is 1. The highest BCUT2D eigenvalue weighted by Gasteiger charge is 2.38. The maximum atomic E-state index is 12.4. The van der Waals surface area contributed by atoms with E-state index in [-0.39, 0.29) is 22.3 Å². The third-order valence-corrected chi connectivity index (χ3v) is 4.12. The van der Waals surface area contributed by atoms with Gasteiger partial charge in [0.15, 0.2) is 0 Å².